The SMILES string of the molecule is O=C(O)C1CCN(C(c2ccc(F)cc2)c2ccc3c(c2)OCO3)CC1. The van der Waals surface area contributed by atoms with Crippen molar-refractivity contribution in [2.45, 2.75) is 18.9 Å². The first kappa shape index (κ1) is 16.8. The van der Waals surface area contributed by atoms with Gasteiger partial charge in [-0.25, -0.2) is 4.39 Å². The number of carboxylic acid groups (broad SMARTS) is 1. The fraction of sp³-hybridized carbons (Fsp3) is 0.350. The Morgan fingerprint density at radius 3 is 2.38 bits per heavy atom. The van der Waals surface area contributed by atoms with Gasteiger partial charge in [0.05, 0.1) is 12.0 Å². The largest absolute Gasteiger partial charge is 0.481 e. The fourth-order valence-electron chi connectivity index (χ4n) is 3.75. The predicted octanol–water partition coefficient (Wildman–Crippen LogP) is 3.44. The second-order valence-electron chi connectivity index (χ2n) is 6.72. The minimum atomic E-state index is -0.730. The first-order valence-corrected chi connectivity index (χ1v) is 8.73. The van der Waals surface area contributed by atoms with E-state index < -0.39 is 5.97 Å². The van der Waals surface area contributed by atoms with E-state index in [1.807, 2.05) is 18.2 Å². The van der Waals surface area contributed by atoms with Gasteiger partial charge in [0.2, 0.25) is 6.79 Å². The molecule has 1 fully saturated rings. The van der Waals surface area contributed by atoms with Crippen molar-refractivity contribution in [1.82, 2.24) is 4.90 Å². The molecular weight excluding hydrogens is 337 g/mol. The molecule has 136 valence electrons. The number of fused-ring (bicyclic) bond motifs is 1. The van der Waals surface area contributed by atoms with Gasteiger partial charge >= 0.3 is 5.97 Å². The lowest BCUT2D eigenvalue weighted by Crippen LogP contribution is -2.39. The highest BCUT2D eigenvalue weighted by Gasteiger charge is 2.31. The van der Waals surface area contributed by atoms with E-state index in [-0.39, 0.29) is 24.6 Å². The summed E-state index contributed by atoms with van der Waals surface area (Å²) in [5.41, 5.74) is 1.99. The molecule has 5 nitrogen and oxygen atoms in total. The fourth-order valence-corrected chi connectivity index (χ4v) is 3.75. The molecule has 6 heteroatoms. The molecule has 0 aromatic heterocycles. The molecule has 1 atom stereocenters. The van der Waals surface area contributed by atoms with Crippen LogP contribution in [0.4, 0.5) is 4.39 Å². The number of benzene rings is 2. The van der Waals surface area contributed by atoms with Crippen LogP contribution in [0.2, 0.25) is 0 Å². The Morgan fingerprint density at radius 1 is 1.04 bits per heavy atom. The van der Waals surface area contributed by atoms with E-state index in [0.717, 1.165) is 16.9 Å². The van der Waals surface area contributed by atoms with E-state index in [1.165, 1.54) is 12.1 Å². The van der Waals surface area contributed by atoms with Gasteiger partial charge in [-0.3, -0.25) is 9.69 Å². The lowest BCUT2D eigenvalue weighted by Gasteiger charge is -2.37. The van der Waals surface area contributed by atoms with E-state index in [0.29, 0.717) is 31.7 Å². The molecule has 1 saturated heterocycles. The van der Waals surface area contributed by atoms with Crippen molar-refractivity contribution in [3.05, 3.63) is 59.4 Å². The zero-order valence-corrected chi connectivity index (χ0v) is 14.2. The summed E-state index contributed by atoms with van der Waals surface area (Å²) in [7, 11) is 0. The summed E-state index contributed by atoms with van der Waals surface area (Å²) in [6.45, 7) is 1.56. The summed E-state index contributed by atoms with van der Waals surface area (Å²) >= 11 is 0. The highest BCUT2D eigenvalue weighted by Crippen LogP contribution is 2.39. The Kier molecular flexibility index (Phi) is 4.51. The molecule has 26 heavy (non-hydrogen) atoms. The number of rotatable bonds is 4. The molecule has 1 unspecified atom stereocenters. The molecular formula is C20H20FNO4. The van der Waals surface area contributed by atoms with Gasteiger partial charge in [-0.15, -0.1) is 0 Å². The molecule has 0 radical (unpaired) electrons. The first-order valence-electron chi connectivity index (χ1n) is 8.73. The van der Waals surface area contributed by atoms with Crippen molar-refractivity contribution in [2.24, 2.45) is 5.92 Å². The number of carbonyl (C=O) groups is 1. The van der Waals surface area contributed by atoms with Gasteiger partial charge in [0.15, 0.2) is 11.5 Å². The number of piperidine rings is 1. The van der Waals surface area contributed by atoms with Gasteiger partial charge in [-0.05, 0) is 61.3 Å². The summed E-state index contributed by atoms with van der Waals surface area (Å²) < 4.78 is 24.3. The summed E-state index contributed by atoms with van der Waals surface area (Å²) in [6, 6.07) is 12.2. The molecule has 2 aromatic rings. The number of nitrogens with zero attached hydrogens (tertiary/aromatic N) is 1. The van der Waals surface area contributed by atoms with E-state index in [4.69, 9.17) is 9.47 Å². The Labute approximate surface area is 151 Å². The Bertz CT molecular complexity index is 800. The van der Waals surface area contributed by atoms with Crippen LogP contribution in [0, 0.1) is 11.7 Å². The maximum absolute atomic E-state index is 13.4. The quantitative estimate of drug-likeness (QED) is 0.908. The second-order valence-corrected chi connectivity index (χ2v) is 6.72. The molecule has 0 aliphatic carbocycles. The predicted molar refractivity (Wildman–Crippen MR) is 92.7 cm³/mol. The van der Waals surface area contributed by atoms with Gasteiger partial charge in [-0.1, -0.05) is 18.2 Å². The van der Waals surface area contributed by atoms with Crippen LogP contribution in [-0.4, -0.2) is 35.9 Å². The van der Waals surface area contributed by atoms with E-state index in [2.05, 4.69) is 4.90 Å². The number of hydrogen-bond acceptors (Lipinski definition) is 4. The van der Waals surface area contributed by atoms with Gasteiger partial charge in [-0.2, -0.15) is 0 Å². The third-order valence-electron chi connectivity index (χ3n) is 5.14. The van der Waals surface area contributed by atoms with Crippen LogP contribution in [0.25, 0.3) is 0 Å². The number of likely N-dealkylation sites (tertiary alicyclic amines) is 1. The maximum atomic E-state index is 13.4. The Morgan fingerprint density at radius 2 is 1.69 bits per heavy atom. The minimum absolute atomic E-state index is 0.0835. The average molecular weight is 357 g/mol. The van der Waals surface area contributed by atoms with Crippen LogP contribution < -0.4 is 9.47 Å². The molecule has 2 aromatic carbocycles. The number of carboxylic acids is 1. The maximum Gasteiger partial charge on any atom is 0.306 e. The van der Waals surface area contributed by atoms with Crippen molar-refractivity contribution in [3.8, 4) is 11.5 Å². The Hall–Kier alpha value is -2.60. The van der Waals surface area contributed by atoms with E-state index in [1.54, 1.807) is 12.1 Å². The number of hydrogen-bond donors (Lipinski definition) is 1. The summed E-state index contributed by atoms with van der Waals surface area (Å²) in [6.07, 6.45) is 1.22. The van der Waals surface area contributed by atoms with Crippen LogP contribution in [0.1, 0.15) is 30.0 Å². The summed E-state index contributed by atoms with van der Waals surface area (Å²) in [5, 5.41) is 9.24. The van der Waals surface area contributed by atoms with Gasteiger partial charge in [0, 0.05) is 0 Å². The smallest absolute Gasteiger partial charge is 0.306 e. The molecule has 2 aliphatic rings. The van der Waals surface area contributed by atoms with E-state index >= 15 is 0 Å². The number of aliphatic carboxylic acids is 1. The van der Waals surface area contributed by atoms with Crippen LogP contribution >= 0.6 is 0 Å². The standard InChI is InChI=1S/C20H20FNO4/c21-16-4-1-13(2-5-16)19(22-9-7-14(8-10-22)20(23)24)15-3-6-17-18(11-15)26-12-25-17/h1-6,11,14,19H,7-10,12H2,(H,23,24). The summed E-state index contributed by atoms with van der Waals surface area (Å²) in [5.74, 6) is 0.122. The van der Waals surface area contributed by atoms with Crippen molar-refractivity contribution < 1.29 is 23.8 Å². The monoisotopic (exact) mass is 357 g/mol. The topological polar surface area (TPSA) is 59.0 Å². The van der Waals surface area contributed by atoms with Crippen molar-refractivity contribution in [1.29, 1.82) is 0 Å². The highest BCUT2D eigenvalue weighted by molar-refractivity contribution is 5.70. The van der Waals surface area contributed by atoms with E-state index in [9.17, 15) is 14.3 Å². The second kappa shape index (κ2) is 6.96. The van der Waals surface area contributed by atoms with Gasteiger partial charge in [0.1, 0.15) is 5.82 Å². The Balaban J connectivity index is 1.66. The minimum Gasteiger partial charge on any atom is -0.481 e. The third-order valence-corrected chi connectivity index (χ3v) is 5.14. The van der Waals surface area contributed by atoms with Crippen molar-refractivity contribution in [3.63, 3.8) is 0 Å². The number of halogens is 1. The normalized spacial score (nSPS) is 18.7. The third kappa shape index (κ3) is 3.24. The molecule has 4 rings (SSSR count). The van der Waals surface area contributed by atoms with Crippen LogP contribution in [0.15, 0.2) is 42.5 Å². The first-order chi connectivity index (χ1) is 12.6. The molecule has 1 N–H and O–H groups in total. The highest BCUT2D eigenvalue weighted by atomic mass is 19.1. The average Bonchev–Trinajstić information content (AvgIpc) is 3.12. The summed E-state index contributed by atoms with van der Waals surface area (Å²) in [4.78, 5) is 13.5. The molecule has 2 heterocycles. The van der Waals surface area contributed by atoms with Crippen LogP contribution in [-0.2, 0) is 4.79 Å². The van der Waals surface area contributed by atoms with Crippen molar-refractivity contribution >= 4 is 5.97 Å². The lowest BCUT2D eigenvalue weighted by atomic mass is 9.91. The molecule has 0 bridgehead atoms. The van der Waals surface area contributed by atoms with Gasteiger partial charge < -0.3 is 14.6 Å². The van der Waals surface area contributed by atoms with Crippen LogP contribution in [0.3, 0.4) is 0 Å². The zero-order valence-electron chi connectivity index (χ0n) is 14.2. The van der Waals surface area contributed by atoms with Gasteiger partial charge in [0.25, 0.3) is 0 Å². The molecule has 0 amide bonds. The zero-order chi connectivity index (χ0) is 18.1. The molecule has 2 aliphatic heterocycles. The lowest BCUT2D eigenvalue weighted by molar-refractivity contribution is -0.143. The number of ether oxygens (including phenoxy) is 2. The molecule has 0 saturated carbocycles. The van der Waals surface area contributed by atoms with Crippen molar-refractivity contribution in [2.75, 3.05) is 19.9 Å². The molecule has 0 spiro atoms. The van der Waals surface area contributed by atoms with Crippen LogP contribution in [0.5, 0.6) is 11.5 Å².